The van der Waals surface area contributed by atoms with Crippen molar-refractivity contribution in [3.05, 3.63) is 77.9 Å². The predicted molar refractivity (Wildman–Crippen MR) is 109 cm³/mol. The average molecular weight is 382 g/mol. The van der Waals surface area contributed by atoms with E-state index in [0.717, 1.165) is 18.1 Å². The molecule has 27 heavy (non-hydrogen) atoms. The summed E-state index contributed by atoms with van der Waals surface area (Å²) in [4.78, 5) is 18.6. The van der Waals surface area contributed by atoms with E-state index in [2.05, 4.69) is 22.1 Å². The van der Waals surface area contributed by atoms with E-state index in [-0.39, 0.29) is 12.5 Å². The van der Waals surface area contributed by atoms with E-state index in [9.17, 15) is 4.79 Å². The number of nitrogens with one attached hydrogen (secondary N) is 1. The van der Waals surface area contributed by atoms with E-state index in [1.165, 1.54) is 0 Å². The molecule has 3 aromatic rings. The fraction of sp³-hybridized carbons (Fsp3) is 0.143. The Bertz CT molecular complexity index is 868. The molecule has 0 fully saturated rings. The van der Waals surface area contributed by atoms with Crippen LogP contribution in [-0.2, 0) is 4.79 Å². The van der Waals surface area contributed by atoms with Crippen molar-refractivity contribution in [1.82, 2.24) is 4.98 Å². The van der Waals surface area contributed by atoms with Crippen LogP contribution in [-0.4, -0.2) is 24.0 Å². The highest BCUT2D eigenvalue weighted by Gasteiger charge is 2.09. The second kappa shape index (κ2) is 9.05. The predicted octanol–water partition coefficient (Wildman–Crippen LogP) is 4.91. The number of anilines is 3. The number of ether oxygens (including phenoxy) is 1. The van der Waals surface area contributed by atoms with E-state index in [4.69, 9.17) is 16.3 Å². The molecule has 3 rings (SSSR count). The van der Waals surface area contributed by atoms with Gasteiger partial charge in [0.15, 0.2) is 6.61 Å². The molecule has 0 aliphatic heterocycles. The summed E-state index contributed by atoms with van der Waals surface area (Å²) in [7, 11) is 0. The average Bonchev–Trinajstić information content (AvgIpc) is 2.70. The number of carbonyl (C=O) groups excluding carboxylic acids is 1. The van der Waals surface area contributed by atoms with Crippen LogP contribution in [0.5, 0.6) is 5.75 Å². The first-order chi connectivity index (χ1) is 13.2. The van der Waals surface area contributed by atoms with Gasteiger partial charge >= 0.3 is 0 Å². The molecule has 0 unspecified atom stereocenters. The van der Waals surface area contributed by atoms with E-state index in [1.807, 2.05) is 42.5 Å². The van der Waals surface area contributed by atoms with Gasteiger partial charge in [0, 0.05) is 17.3 Å². The largest absolute Gasteiger partial charge is 0.484 e. The number of rotatable bonds is 7. The minimum Gasteiger partial charge on any atom is -0.484 e. The Balaban J connectivity index is 1.58. The Hall–Kier alpha value is -3.05. The number of pyridine rings is 1. The van der Waals surface area contributed by atoms with Gasteiger partial charge in [-0.05, 0) is 55.5 Å². The third-order valence-corrected chi connectivity index (χ3v) is 4.13. The van der Waals surface area contributed by atoms with Crippen molar-refractivity contribution < 1.29 is 9.53 Å². The van der Waals surface area contributed by atoms with Crippen LogP contribution in [0.2, 0.25) is 5.02 Å². The maximum Gasteiger partial charge on any atom is 0.262 e. The second-order valence-corrected chi connectivity index (χ2v) is 6.21. The molecule has 0 saturated heterocycles. The number of carbonyl (C=O) groups is 1. The smallest absolute Gasteiger partial charge is 0.262 e. The van der Waals surface area contributed by atoms with Crippen LogP contribution in [0, 0.1) is 0 Å². The van der Waals surface area contributed by atoms with Gasteiger partial charge in [-0.2, -0.15) is 0 Å². The monoisotopic (exact) mass is 381 g/mol. The van der Waals surface area contributed by atoms with Crippen molar-refractivity contribution in [2.45, 2.75) is 6.92 Å². The fourth-order valence-corrected chi connectivity index (χ4v) is 2.71. The molecule has 0 saturated carbocycles. The first-order valence-electron chi connectivity index (χ1n) is 8.62. The molecule has 138 valence electrons. The van der Waals surface area contributed by atoms with Gasteiger partial charge in [-0.15, -0.1) is 0 Å². The lowest BCUT2D eigenvalue weighted by Crippen LogP contribution is -2.21. The molecule has 0 bridgehead atoms. The van der Waals surface area contributed by atoms with Crippen molar-refractivity contribution in [2.75, 3.05) is 23.4 Å². The van der Waals surface area contributed by atoms with Crippen LogP contribution in [0.3, 0.4) is 0 Å². The lowest BCUT2D eigenvalue weighted by Gasteiger charge is -2.22. The van der Waals surface area contributed by atoms with E-state index in [1.54, 1.807) is 30.5 Å². The van der Waals surface area contributed by atoms with Crippen LogP contribution in [0.25, 0.3) is 0 Å². The molecule has 1 amide bonds. The Kier molecular flexibility index (Phi) is 6.28. The zero-order chi connectivity index (χ0) is 19.1. The molecule has 5 nitrogen and oxygen atoms in total. The van der Waals surface area contributed by atoms with Gasteiger partial charge in [0.2, 0.25) is 0 Å². The second-order valence-electron chi connectivity index (χ2n) is 5.78. The van der Waals surface area contributed by atoms with Crippen molar-refractivity contribution >= 4 is 34.7 Å². The normalized spacial score (nSPS) is 10.3. The molecular weight excluding hydrogens is 362 g/mol. The molecule has 6 heteroatoms. The van der Waals surface area contributed by atoms with Crippen LogP contribution in [0.1, 0.15) is 6.92 Å². The lowest BCUT2D eigenvalue weighted by atomic mass is 10.2. The minimum absolute atomic E-state index is 0.0888. The summed E-state index contributed by atoms with van der Waals surface area (Å²) in [6.45, 7) is 2.77. The Morgan fingerprint density at radius 2 is 1.81 bits per heavy atom. The molecular formula is C21H20ClN3O2. The summed E-state index contributed by atoms with van der Waals surface area (Å²) < 4.78 is 5.43. The minimum atomic E-state index is -0.255. The summed E-state index contributed by atoms with van der Waals surface area (Å²) in [6.07, 6.45) is 1.64. The van der Waals surface area contributed by atoms with Crippen LogP contribution >= 0.6 is 11.6 Å². The fourth-order valence-electron chi connectivity index (χ4n) is 2.58. The summed E-state index contributed by atoms with van der Waals surface area (Å²) in [6, 6.07) is 20.6. The Morgan fingerprint density at radius 3 is 2.44 bits per heavy atom. The third-order valence-electron chi connectivity index (χ3n) is 3.88. The highest BCUT2D eigenvalue weighted by Crippen LogP contribution is 2.23. The van der Waals surface area contributed by atoms with Gasteiger partial charge < -0.3 is 15.0 Å². The standard InChI is InChI=1S/C21H20ClN3O2/c1-2-25(18-6-4-3-5-7-18)20-13-10-17(14-23-20)24-21(26)15-27-19-11-8-16(22)9-12-19/h3-14H,2,15H2,1H3,(H,24,26). The quantitative estimate of drug-likeness (QED) is 0.631. The van der Waals surface area contributed by atoms with Crippen molar-refractivity contribution in [2.24, 2.45) is 0 Å². The number of para-hydroxylation sites is 1. The first kappa shape index (κ1) is 18.7. The third kappa shape index (κ3) is 5.21. The van der Waals surface area contributed by atoms with Gasteiger partial charge in [-0.25, -0.2) is 4.98 Å². The number of aromatic nitrogens is 1. The van der Waals surface area contributed by atoms with Gasteiger partial charge in [0.1, 0.15) is 11.6 Å². The van der Waals surface area contributed by atoms with E-state index >= 15 is 0 Å². The number of hydrogen-bond acceptors (Lipinski definition) is 4. The lowest BCUT2D eigenvalue weighted by molar-refractivity contribution is -0.118. The maximum atomic E-state index is 12.0. The van der Waals surface area contributed by atoms with Crippen molar-refractivity contribution in [3.8, 4) is 5.75 Å². The Labute approximate surface area is 163 Å². The number of amides is 1. The molecule has 0 spiro atoms. The SMILES string of the molecule is CCN(c1ccccc1)c1ccc(NC(=O)COc2ccc(Cl)cc2)cn1. The number of halogens is 1. The molecule has 0 radical (unpaired) electrons. The molecule has 2 aromatic carbocycles. The summed E-state index contributed by atoms with van der Waals surface area (Å²) >= 11 is 5.82. The zero-order valence-electron chi connectivity index (χ0n) is 14.9. The van der Waals surface area contributed by atoms with Gasteiger partial charge in [-0.1, -0.05) is 29.8 Å². The van der Waals surface area contributed by atoms with E-state index < -0.39 is 0 Å². The number of hydrogen-bond donors (Lipinski definition) is 1. The number of benzene rings is 2. The highest BCUT2D eigenvalue weighted by atomic mass is 35.5. The number of nitrogens with zero attached hydrogens (tertiary/aromatic N) is 2. The molecule has 0 aliphatic rings. The van der Waals surface area contributed by atoms with Crippen molar-refractivity contribution in [3.63, 3.8) is 0 Å². The molecule has 1 heterocycles. The molecule has 1 aromatic heterocycles. The Morgan fingerprint density at radius 1 is 1.07 bits per heavy atom. The summed E-state index contributed by atoms with van der Waals surface area (Å²) in [5, 5.41) is 3.40. The molecule has 1 N–H and O–H groups in total. The van der Waals surface area contributed by atoms with Gasteiger partial charge in [0.05, 0.1) is 11.9 Å². The summed E-state index contributed by atoms with van der Waals surface area (Å²) in [5.74, 6) is 1.15. The molecule has 0 atom stereocenters. The van der Waals surface area contributed by atoms with Gasteiger partial charge in [0.25, 0.3) is 5.91 Å². The zero-order valence-corrected chi connectivity index (χ0v) is 15.7. The van der Waals surface area contributed by atoms with Gasteiger partial charge in [-0.3, -0.25) is 4.79 Å². The van der Waals surface area contributed by atoms with E-state index in [0.29, 0.717) is 16.5 Å². The van der Waals surface area contributed by atoms with Crippen LogP contribution < -0.4 is 15.0 Å². The topological polar surface area (TPSA) is 54.5 Å². The first-order valence-corrected chi connectivity index (χ1v) is 9.00. The molecule has 0 aliphatic carbocycles. The van der Waals surface area contributed by atoms with Crippen molar-refractivity contribution in [1.29, 1.82) is 0 Å². The van der Waals surface area contributed by atoms with Crippen LogP contribution in [0.15, 0.2) is 72.9 Å². The highest BCUT2D eigenvalue weighted by molar-refractivity contribution is 6.30. The maximum absolute atomic E-state index is 12.0. The summed E-state index contributed by atoms with van der Waals surface area (Å²) in [5.41, 5.74) is 1.69. The van der Waals surface area contributed by atoms with Crippen LogP contribution in [0.4, 0.5) is 17.2 Å².